The lowest BCUT2D eigenvalue weighted by Crippen LogP contribution is -2.48. The minimum atomic E-state index is -4.31. The summed E-state index contributed by atoms with van der Waals surface area (Å²) in [5, 5.41) is 12.7. The predicted molar refractivity (Wildman–Crippen MR) is 81.2 cm³/mol. The fraction of sp³-hybridized carbons (Fsp3) is 0.400. The molecule has 0 saturated heterocycles. The number of carbonyl (C=O) groups is 1. The highest BCUT2D eigenvalue weighted by atomic mass is 35.5. The molecule has 134 valence electrons. The van der Waals surface area contributed by atoms with Crippen LogP contribution in [0.15, 0.2) is 24.4 Å². The van der Waals surface area contributed by atoms with Gasteiger partial charge in [0.2, 0.25) is 5.88 Å². The average Bonchev–Trinajstić information content (AvgIpc) is 2.93. The summed E-state index contributed by atoms with van der Waals surface area (Å²) in [4.78, 5) is 14.8. The number of carboxylic acids is 1. The number of pyridine rings is 1. The van der Waals surface area contributed by atoms with Gasteiger partial charge >= 0.3 is 12.1 Å². The van der Waals surface area contributed by atoms with Crippen molar-refractivity contribution in [2.24, 2.45) is 5.41 Å². The number of rotatable bonds is 5. The van der Waals surface area contributed by atoms with Gasteiger partial charge in [0.1, 0.15) is 17.2 Å². The first kappa shape index (κ1) is 17.5. The van der Waals surface area contributed by atoms with Crippen molar-refractivity contribution < 1.29 is 27.8 Å². The fourth-order valence-corrected chi connectivity index (χ4v) is 2.78. The van der Waals surface area contributed by atoms with Gasteiger partial charge in [0.05, 0.1) is 5.56 Å². The molecule has 0 atom stereocenters. The van der Waals surface area contributed by atoms with Crippen molar-refractivity contribution in [3.8, 4) is 11.7 Å². The summed E-state index contributed by atoms with van der Waals surface area (Å²) in [6.07, 6.45) is -2.25. The van der Waals surface area contributed by atoms with E-state index < -0.39 is 24.2 Å². The summed E-state index contributed by atoms with van der Waals surface area (Å²) in [6, 6.07) is 4.06. The van der Waals surface area contributed by atoms with E-state index in [9.17, 15) is 18.0 Å². The van der Waals surface area contributed by atoms with E-state index in [4.69, 9.17) is 21.4 Å². The first-order chi connectivity index (χ1) is 11.7. The van der Waals surface area contributed by atoms with Crippen molar-refractivity contribution in [1.82, 2.24) is 14.8 Å². The minimum Gasteiger partial charge on any atom is -0.478 e. The van der Waals surface area contributed by atoms with E-state index in [-0.39, 0.29) is 35.3 Å². The van der Waals surface area contributed by atoms with E-state index >= 15 is 0 Å². The van der Waals surface area contributed by atoms with Crippen LogP contribution in [-0.2, 0) is 0 Å². The molecule has 1 N–H and O–H groups in total. The Labute approximate surface area is 145 Å². The van der Waals surface area contributed by atoms with Gasteiger partial charge in [-0.2, -0.15) is 13.2 Å². The molecule has 0 aliphatic heterocycles. The lowest BCUT2D eigenvalue weighted by Gasteiger charge is -2.42. The Morgan fingerprint density at radius 2 is 2.08 bits per heavy atom. The van der Waals surface area contributed by atoms with Gasteiger partial charge in [0.15, 0.2) is 5.82 Å². The number of alkyl halides is 3. The standard InChI is InChI=1S/C15H13ClF3N3O3/c16-12-9(13(23)24)2-3-10(20-12)22-7-4-11(21-22)25-8-14(5-1-6-14)15(17,18)19/h2-4,7H,1,5-6,8H2,(H,23,24). The van der Waals surface area contributed by atoms with Crippen LogP contribution in [-0.4, -0.2) is 38.6 Å². The molecule has 2 aromatic rings. The topological polar surface area (TPSA) is 77.2 Å². The molecule has 0 radical (unpaired) electrons. The normalized spacial score (nSPS) is 16.3. The Hall–Kier alpha value is -2.29. The van der Waals surface area contributed by atoms with Crippen molar-refractivity contribution in [1.29, 1.82) is 0 Å². The number of ether oxygens (including phenoxy) is 1. The third kappa shape index (κ3) is 3.28. The minimum absolute atomic E-state index is 0.0239. The molecule has 2 heterocycles. The quantitative estimate of drug-likeness (QED) is 0.806. The highest BCUT2D eigenvalue weighted by Gasteiger charge is 2.58. The van der Waals surface area contributed by atoms with Gasteiger partial charge in [-0.25, -0.2) is 14.5 Å². The highest BCUT2D eigenvalue weighted by Crippen LogP contribution is 2.53. The van der Waals surface area contributed by atoms with E-state index in [1.54, 1.807) is 0 Å². The summed E-state index contributed by atoms with van der Waals surface area (Å²) in [5.41, 5.74) is -1.97. The molecule has 0 bridgehead atoms. The molecule has 0 amide bonds. The lowest BCUT2D eigenvalue weighted by atomic mass is 9.69. The molecule has 0 spiro atoms. The van der Waals surface area contributed by atoms with Gasteiger partial charge in [-0.05, 0) is 25.0 Å². The average molecular weight is 376 g/mol. The molecule has 0 unspecified atom stereocenters. The van der Waals surface area contributed by atoms with Gasteiger partial charge in [0, 0.05) is 12.3 Å². The Kier molecular flexibility index (Phi) is 4.36. The number of hydrogen-bond acceptors (Lipinski definition) is 4. The Morgan fingerprint density at radius 3 is 2.60 bits per heavy atom. The van der Waals surface area contributed by atoms with Crippen LogP contribution >= 0.6 is 11.6 Å². The Balaban J connectivity index is 1.73. The van der Waals surface area contributed by atoms with Crippen molar-refractivity contribution in [3.63, 3.8) is 0 Å². The Morgan fingerprint density at radius 1 is 1.36 bits per heavy atom. The summed E-state index contributed by atoms with van der Waals surface area (Å²) in [6.45, 7) is -0.486. The van der Waals surface area contributed by atoms with Crippen molar-refractivity contribution in [3.05, 3.63) is 35.1 Å². The number of aromatic nitrogens is 3. The van der Waals surface area contributed by atoms with E-state index in [1.165, 1.54) is 29.1 Å². The first-order valence-electron chi connectivity index (χ1n) is 7.37. The van der Waals surface area contributed by atoms with Crippen LogP contribution in [0.5, 0.6) is 5.88 Å². The number of nitrogens with zero attached hydrogens (tertiary/aromatic N) is 3. The Bertz CT molecular complexity index is 803. The second-order valence-corrected chi connectivity index (χ2v) is 6.19. The number of carboxylic acid groups (broad SMARTS) is 1. The van der Waals surface area contributed by atoms with Gasteiger partial charge in [-0.3, -0.25) is 0 Å². The van der Waals surface area contributed by atoms with Crippen molar-refractivity contribution in [2.45, 2.75) is 25.4 Å². The molecule has 2 aromatic heterocycles. The molecule has 1 aliphatic carbocycles. The van der Waals surface area contributed by atoms with Crippen LogP contribution in [0.4, 0.5) is 13.2 Å². The molecule has 1 fully saturated rings. The lowest BCUT2D eigenvalue weighted by molar-refractivity contribution is -0.259. The molecule has 1 saturated carbocycles. The van der Waals surface area contributed by atoms with Gasteiger partial charge in [-0.15, -0.1) is 5.10 Å². The van der Waals surface area contributed by atoms with Gasteiger partial charge in [-0.1, -0.05) is 18.0 Å². The maximum absolute atomic E-state index is 13.1. The largest absolute Gasteiger partial charge is 0.478 e. The molecule has 25 heavy (non-hydrogen) atoms. The van der Waals surface area contributed by atoms with Crippen LogP contribution in [0.1, 0.15) is 29.6 Å². The maximum atomic E-state index is 13.1. The van der Waals surface area contributed by atoms with Crippen molar-refractivity contribution >= 4 is 17.6 Å². The molecule has 6 nitrogen and oxygen atoms in total. The number of hydrogen-bond donors (Lipinski definition) is 1. The smallest absolute Gasteiger partial charge is 0.397 e. The summed E-state index contributed by atoms with van der Waals surface area (Å²) in [5.74, 6) is -0.971. The SMILES string of the molecule is O=C(O)c1ccc(-n2ccc(OCC3(C(F)(F)F)CCC3)n2)nc1Cl. The zero-order valence-corrected chi connectivity index (χ0v) is 13.5. The third-order valence-corrected chi connectivity index (χ3v) is 4.56. The molecule has 1 aliphatic rings. The molecule has 3 rings (SSSR count). The maximum Gasteiger partial charge on any atom is 0.397 e. The third-order valence-electron chi connectivity index (χ3n) is 4.27. The summed E-state index contributed by atoms with van der Waals surface area (Å²) in [7, 11) is 0. The first-order valence-corrected chi connectivity index (χ1v) is 7.75. The fourth-order valence-electron chi connectivity index (χ4n) is 2.55. The zero-order chi connectivity index (χ0) is 18.2. The van der Waals surface area contributed by atoms with Crippen molar-refractivity contribution in [2.75, 3.05) is 6.61 Å². The van der Waals surface area contributed by atoms with Gasteiger partial charge < -0.3 is 9.84 Å². The second-order valence-electron chi connectivity index (χ2n) is 5.83. The van der Waals surface area contributed by atoms with E-state index in [0.29, 0.717) is 6.42 Å². The van der Waals surface area contributed by atoms with E-state index in [2.05, 4.69) is 10.1 Å². The van der Waals surface area contributed by atoms with Crippen LogP contribution in [0, 0.1) is 5.41 Å². The van der Waals surface area contributed by atoms with E-state index in [1.807, 2.05) is 0 Å². The summed E-state index contributed by atoms with van der Waals surface area (Å²) >= 11 is 5.79. The highest BCUT2D eigenvalue weighted by molar-refractivity contribution is 6.32. The molecule has 0 aromatic carbocycles. The van der Waals surface area contributed by atoms with Crippen LogP contribution in [0.25, 0.3) is 5.82 Å². The number of halogens is 4. The van der Waals surface area contributed by atoms with E-state index in [0.717, 1.165) is 0 Å². The number of aromatic carboxylic acids is 1. The molecular formula is C15H13ClF3N3O3. The molecule has 10 heteroatoms. The second kappa shape index (κ2) is 6.21. The summed E-state index contributed by atoms with van der Waals surface area (Å²) < 4.78 is 45.8. The van der Waals surface area contributed by atoms with Crippen LogP contribution in [0.3, 0.4) is 0 Å². The van der Waals surface area contributed by atoms with Gasteiger partial charge in [0.25, 0.3) is 0 Å². The predicted octanol–water partition coefficient (Wildman–Crippen LogP) is 3.73. The van der Waals surface area contributed by atoms with Crippen LogP contribution in [0.2, 0.25) is 5.15 Å². The van der Waals surface area contributed by atoms with Crippen LogP contribution < -0.4 is 4.74 Å². The molecular weight excluding hydrogens is 363 g/mol. The zero-order valence-electron chi connectivity index (χ0n) is 12.8. The monoisotopic (exact) mass is 375 g/mol.